The van der Waals surface area contributed by atoms with Gasteiger partial charge in [-0.15, -0.1) is 5.10 Å². The summed E-state index contributed by atoms with van der Waals surface area (Å²) < 4.78 is 0. The Kier molecular flexibility index (Phi) is 4.11. The number of carbonyl (C=O) groups excluding carboxylic acids is 1. The summed E-state index contributed by atoms with van der Waals surface area (Å²) in [5, 5.41) is 18.2. The zero-order valence-corrected chi connectivity index (χ0v) is 11.4. The van der Waals surface area contributed by atoms with Gasteiger partial charge in [-0.25, -0.2) is 4.98 Å². The number of amides is 1. The van der Waals surface area contributed by atoms with Crippen molar-refractivity contribution < 1.29 is 4.79 Å². The molecule has 1 aromatic carbocycles. The molecule has 1 heterocycles. The van der Waals surface area contributed by atoms with Gasteiger partial charge in [0.2, 0.25) is 5.82 Å². The molecule has 0 fully saturated rings. The normalized spacial score (nSPS) is 10.1. The molecule has 0 saturated heterocycles. The van der Waals surface area contributed by atoms with Gasteiger partial charge in [0, 0.05) is 12.1 Å². The van der Waals surface area contributed by atoms with Crippen LogP contribution in [0.1, 0.15) is 40.9 Å². The molecule has 2 aromatic rings. The summed E-state index contributed by atoms with van der Waals surface area (Å²) in [6.45, 7) is 3.89. The maximum Gasteiger partial charge on any atom is 0.295 e. The number of anilines is 1. The van der Waals surface area contributed by atoms with Crippen molar-refractivity contribution in [3.05, 3.63) is 41.0 Å². The van der Waals surface area contributed by atoms with E-state index in [0.29, 0.717) is 17.1 Å². The average molecular weight is 269 g/mol. The average Bonchev–Trinajstić information content (AvgIpc) is 2.90. The molecule has 2 N–H and O–H groups in total. The van der Waals surface area contributed by atoms with Gasteiger partial charge < -0.3 is 5.32 Å². The Labute approximate surface area is 116 Å². The fourth-order valence-electron chi connectivity index (χ4n) is 1.75. The first-order valence-corrected chi connectivity index (χ1v) is 6.37. The molecule has 6 heteroatoms. The molecule has 0 spiro atoms. The van der Waals surface area contributed by atoms with E-state index in [4.69, 9.17) is 5.26 Å². The van der Waals surface area contributed by atoms with Crippen molar-refractivity contribution in [2.75, 3.05) is 5.32 Å². The highest BCUT2D eigenvalue weighted by Crippen LogP contribution is 2.17. The number of H-pyrrole nitrogens is 1. The van der Waals surface area contributed by atoms with Crippen LogP contribution in [0.25, 0.3) is 0 Å². The highest BCUT2D eigenvalue weighted by Gasteiger charge is 2.13. The standard InChI is InChI=1S/C14H15N5O/c1-3-4-12-17-13(19-18-12)14(20)16-11-7-10(8-15)6-5-9(11)2/h5-7H,3-4H2,1-2H3,(H,16,20)(H,17,18,19). The summed E-state index contributed by atoms with van der Waals surface area (Å²) in [5.74, 6) is 0.414. The van der Waals surface area contributed by atoms with Crippen LogP contribution < -0.4 is 5.32 Å². The van der Waals surface area contributed by atoms with Gasteiger partial charge in [-0.1, -0.05) is 13.0 Å². The number of nitriles is 1. The first-order valence-electron chi connectivity index (χ1n) is 6.37. The largest absolute Gasteiger partial charge is 0.319 e. The molecule has 0 bridgehead atoms. The number of aromatic nitrogens is 3. The number of benzene rings is 1. The number of carbonyl (C=O) groups is 1. The minimum atomic E-state index is -0.387. The maximum atomic E-state index is 12.0. The fourth-order valence-corrected chi connectivity index (χ4v) is 1.75. The predicted octanol–water partition coefficient (Wildman–Crippen LogP) is 2.19. The first-order chi connectivity index (χ1) is 9.63. The quantitative estimate of drug-likeness (QED) is 0.889. The van der Waals surface area contributed by atoms with Gasteiger partial charge in [0.15, 0.2) is 0 Å². The van der Waals surface area contributed by atoms with Crippen LogP contribution in [0.3, 0.4) is 0 Å². The van der Waals surface area contributed by atoms with Crippen LogP contribution in [-0.4, -0.2) is 21.1 Å². The van der Waals surface area contributed by atoms with Crippen LogP contribution in [-0.2, 0) is 6.42 Å². The second-order valence-corrected chi connectivity index (χ2v) is 4.45. The molecular formula is C14H15N5O. The van der Waals surface area contributed by atoms with Gasteiger partial charge in [-0.05, 0) is 31.0 Å². The van der Waals surface area contributed by atoms with Crippen molar-refractivity contribution >= 4 is 11.6 Å². The summed E-state index contributed by atoms with van der Waals surface area (Å²) >= 11 is 0. The second-order valence-electron chi connectivity index (χ2n) is 4.45. The SMILES string of the molecule is CCCc1nc(C(=O)Nc2cc(C#N)ccc2C)n[nH]1. The lowest BCUT2D eigenvalue weighted by atomic mass is 10.1. The van der Waals surface area contributed by atoms with Gasteiger partial charge in [0.05, 0.1) is 11.6 Å². The van der Waals surface area contributed by atoms with Crippen LogP contribution in [0.5, 0.6) is 0 Å². The molecule has 20 heavy (non-hydrogen) atoms. The zero-order chi connectivity index (χ0) is 14.5. The maximum absolute atomic E-state index is 12.0. The molecule has 0 atom stereocenters. The summed E-state index contributed by atoms with van der Waals surface area (Å²) in [6.07, 6.45) is 1.68. The minimum Gasteiger partial charge on any atom is -0.319 e. The number of nitrogens with zero attached hydrogens (tertiary/aromatic N) is 3. The number of rotatable bonds is 4. The minimum absolute atomic E-state index is 0.107. The molecule has 0 aliphatic rings. The molecule has 0 saturated carbocycles. The molecule has 1 aromatic heterocycles. The van der Waals surface area contributed by atoms with E-state index >= 15 is 0 Å². The van der Waals surface area contributed by atoms with E-state index in [1.54, 1.807) is 18.2 Å². The Hall–Kier alpha value is -2.68. The number of aryl methyl sites for hydroxylation is 2. The fraction of sp³-hybridized carbons (Fsp3) is 0.286. The van der Waals surface area contributed by atoms with Crippen molar-refractivity contribution in [3.8, 4) is 6.07 Å². The van der Waals surface area contributed by atoms with E-state index in [-0.39, 0.29) is 11.7 Å². The van der Waals surface area contributed by atoms with Gasteiger partial charge in [-0.2, -0.15) is 5.26 Å². The number of hydrogen-bond donors (Lipinski definition) is 2. The Balaban J connectivity index is 2.16. The molecule has 102 valence electrons. The third-order valence-electron chi connectivity index (χ3n) is 2.84. The van der Waals surface area contributed by atoms with Crippen molar-refractivity contribution in [3.63, 3.8) is 0 Å². The zero-order valence-electron chi connectivity index (χ0n) is 11.4. The van der Waals surface area contributed by atoms with E-state index in [9.17, 15) is 4.79 Å². The highest BCUT2D eigenvalue weighted by atomic mass is 16.2. The smallest absolute Gasteiger partial charge is 0.295 e. The van der Waals surface area contributed by atoms with Crippen molar-refractivity contribution in [1.29, 1.82) is 5.26 Å². The van der Waals surface area contributed by atoms with Crippen molar-refractivity contribution in [2.45, 2.75) is 26.7 Å². The lowest BCUT2D eigenvalue weighted by Gasteiger charge is -2.06. The lowest BCUT2D eigenvalue weighted by Crippen LogP contribution is -2.14. The van der Waals surface area contributed by atoms with E-state index in [0.717, 1.165) is 18.4 Å². The van der Waals surface area contributed by atoms with Crippen LogP contribution in [0.4, 0.5) is 5.69 Å². The summed E-state index contributed by atoms with van der Waals surface area (Å²) in [7, 11) is 0. The van der Waals surface area contributed by atoms with Crippen LogP contribution in [0.15, 0.2) is 18.2 Å². The molecular weight excluding hydrogens is 254 g/mol. The van der Waals surface area contributed by atoms with E-state index in [2.05, 4.69) is 20.5 Å². The van der Waals surface area contributed by atoms with Gasteiger partial charge in [0.1, 0.15) is 5.82 Å². The van der Waals surface area contributed by atoms with E-state index in [1.165, 1.54) is 0 Å². The summed E-state index contributed by atoms with van der Waals surface area (Å²) in [4.78, 5) is 16.2. The molecule has 1 amide bonds. The Morgan fingerprint density at radius 2 is 2.30 bits per heavy atom. The van der Waals surface area contributed by atoms with Crippen molar-refractivity contribution in [2.24, 2.45) is 0 Å². The topological polar surface area (TPSA) is 94.5 Å². The Morgan fingerprint density at radius 3 is 3.00 bits per heavy atom. The molecule has 0 radical (unpaired) electrons. The van der Waals surface area contributed by atoms with Gasteiger partial charge in [-0.3, -0.25) is 9.89 Å². The molecule has 0 unspecified atom stereocenters. The predicted molar refractivity (Wildman–Crippen MR) is 74.2 cm³/mol. The third kappa shape index (κ3) is 3.01. The number of hydrogen-bond acceptors (Lipinski definition) is 4. The summed E-state index contributed by atoms with van der Waals surface area (Å²) in [5.41, 5.74) is 1.96. The Morgan fingerprint density at radius 1 is 1.50 bits per heavy atom. The highest BCUT2D eigenvalue weighted by molar-refractivity contribution is 6.02. The van der Waals surface area contributed by atoms with Crippen molar-refractivity contribution in [1.82, 2.24) is 15.2 Å². The lowest BCUT2D eigenvalue weighted by molar-refractivity contribution is 0.101. The Bertz CT molecular complexity index is 668. The summed E-state index contributed by atoms with van der Waals surface area (Å²) in [6, 6.07) is 7.16. The molecule has 6 nitrogen and oxygen atoms in total. The van der Waals surface area contributed by atoms with Crippen LogP contribution in [0, 0.1) is 18.3 Å². The first kappa shape index (κ1) is 13.7. The molecule has 0 aliphatic carbocycles. The van der Waals surface area contributed by atoms with Gasteiger partial charge in [0.25, 0.3) is 5.91 Å². The number of aromatic amines is 1. The second kappa shape index (κ2) is 5.97. The number of nitrogens with one attached hydrogen (secondary N) is 2. The van der Waals surface area contributed by atoms with Crippen LogP contribution >= 0.6 is 0 Å². The molecule has 0 aliphatic heterocycles. The molecule has 2 rings (SSSR count). The van der Waals surface area contributed by atoms with Crippen LogP contribution in [0.2, 0.25) is 0 Å². The van der Waals surface area contributed by atoms with E-state index < -0.39 is 0 Å². The van der Waals surface area contributed by atoms with E-state index in [1.807, 2.05) is 19.9 Å². The monoisotopic (exact) mass is 269 g/mol. The van der Waals surface area contributed by atoms with Gasteiger partial charge >= 0.3 is 0 Å². The third-order valence-corrected chi connectivity index (χ3v) is 2.84.